The Bertz CT molecular complexity index is 598. The number of rotatable bonds is 3. The summed E-state index contributed by atoms with van der Waals surface area (Å²) >= 11 is 0. The van der Waals surface area contributed by atoms with Gasteiger partial charge in [0.25, 0.3) is 0 Å². The summed E-state index contributed by atoms with van der Waals surface area (Å²) in [5.74, 6) is -1.57. The highest BCUT2D eigenvalue weighted by Gasteiger charge is 2.15. The first kappa shape index (κ1) is 11.0. The lowest BCUT2D eigenvalue weighted by Gasteiger charge is -2.00. The molecule has 17 heavy (non-hydrogen) atoms. The van der Waals surface area contributed by atoms with Crippen LogP contribution in [-0.2, 0) is 11.3 Å². The molecule has 6 heteroatoms. The molecule has 88 valence electrons. The van der Waals surface area contributed by atoms with Crippen molar-refractivity contribution in [1.82, 2.24) is 9.55 Å². The number of carbonyl (C=O) groups is 1. The minimum atomic E-state index is -1.19. The number of aromatic amines is 1. The fourth-order valence-electron chi connectivity index (χ4n) is 1.55. The number of H-pyrrole nitrogens is 1. The Morgan fingerprint density at radius 1 is 1.29 bits per heavy atom. The SMILES string of the molecule is O=C(O)Cn1c(O)c(-c2ccccc2)[nH]c1=O. The second kappa shape index (κ2) is 4.17. The zero-order valence-corrected chi connectivity index (χ0v) is 8.75. The van der Waals surface area contributed by atoms with Crippen LogP contribution in [0.3, 0.4) is 0 Å². The van der Waals surface area contributed by atoms with Crippen LogP contribution in [0.25, 0.3) is 11.3 Å². The van der Waals surface area contributed by atoms with Crippen molar-refractivity contribution in [2.75, 3.05) is 0 Å². The van der Waals surface area contributed by atoms with Crippen LogP contribution in [0.5, 0.6) is 5.88 Å². The van der Waals surface area contributed by atoms with E-state index in [2.05, 4.69) is 4.98 Å². The van der Waals surface area contributed by atoms with E-state index in [1.807, 2.05) is 0 Å². The average molecular weight is 234 g/mol. The zero-order chi connectivity index (χ0) is 12.4. The summed E-state index contributed by atoms with van der Waals surface area (Å²) in [7, 11) is 0. The van der Waals surface area contributed by atoms with E-state index in [-0.39, 0.29) is 11.6 Å². The highest BCUT2D eigenvalue weighted by atomic mass is 16.4. The van der Waals surface area contributed by atoms with Crippen LogP contribution in [0, 0.1) is 0 Å². The van der Waals surface area contributed by atoms with Crippen LogP contribution in [0.2, 0.25) is 0 Å². The molecule has 0 unspecified atom stereocenters. The largest absolute Gasteiger partial charge is 0.493 e. The van der Waals surface area contributed by atoms with Gasteiger partial charge in [-0.05, 0) is 0 Å². The zero-order valence-electron chi connectivity index (χ0n) is 8.75. The second-order valence-electron chi connectivity index (χ2n) is 3.47. The molecule has 2 aromatic rings. The summed E-state index contributed by atoms with van der Waals surface area (Å²) in [6.07, 6.45) is 0. The van der Waals surface area contributed by atoms with Crippen molar-refractivity contribution in [1.29, 1.82) is 0 Å². The summed E-state index contributed by atoms with van der Waals surface area (Å²) < 4.78 is 0.769. The smallest absolute Gasteiger partial charge is 0.329 e. The van der Waals surface area contributed by atoms with E-state index in [0.29, 0.717) is 5.56 Å². The Balaban J connectivity index is 2.52. The van der Waals surface area contributed by atoms with Gasteiger partial charge in [-0.15, -0.1) is 0 Å². The number of nitrogens with zero attached hydrogens (tertiary/aromatic N) is 1. The number of carboxylic acids is 1. The molecule has 0 saturated heterocycles. The predicted molar refractivity (Wildman–Crippen MR) is 59.8 cm³/mol. The minimum Gasteiger partial charge on any atom is -0.493 e. The lowest BCUT2D eigenvalue weighted by molar-refractivity contribution is -0.137. The number of aromatic hydroxyl groups is 1. The maximum Gasteiger partial charge on any atom is 0.329 e. The van der Waals surface area contributed by atoms with Crippen molar-refractivity contribution in [2.45, 2.75) is 6.54 Å². The Kier molecular flexibility index (Phi) is 2.70. The predicted octanol–water partition coefficient (Wildman–Crippen LogP) is 0.634. The summed E-state index contributed by atoms with van der Waals surface area (Å²) in [5.41, 5.74) is 0.187. The second-order valence-corrected chi connectivity index (χ2v) is 3.47. The molecular weight excluding hydrogens is 224 g/mol. The standard InChI is InChI=1S/C11H10N2O4/c14-8(15)6-13-10(16)9(12-11(13)17)7-4-2-1-3-5-7/h1-5,16H,6H2,(H,12,17)(H,14,15). The molecule has 0 aliphatic carbocycles. The van der Waals surface area contributed by atoms with Gasteiger partial charge in [0.05, 0.1) is 0 Å². The first-order valence-corrected chi connectivity index (χ1v) is 4.88. The number of hydrogen-bond donors (Lipinski definition) is 3. The Labute approximate surface area is 95.8 Å². The number of benzene rings is 1. The topological polar surface area (TPSA) is 95.3 Å². The Morgan fingerprint density at radius 2 is 1.94 bits per heavy atom. The fraction of sp³-hybridized carbons (Fsp3) is 0.0909. The Hall–Kier alpha value is -2.50. The van der Waals surface area contributed by atoms with Crippen molar-refractivity contribution < 1.29 is 15.0 Å². The van der Waals surface area contributed by atoms with Gasteiger partial charge in [-0.3, -0.25) is 9.36 Å². The maximum absolute atomic E-state index is 11.5. The van der Waals surface area contributed by atoms with Crippen molar-refractivity contribution in [3.63, 3.8) is 0 Å². The normalized spacial score (nSPS) is 10.4. The van der Waals surface area contributed by atoms with Gasteiger partial charge in [0.15, 0.2) is 0 Å². The molecule has 0 atom stereocenters. The van der Waals surface area contributed by atoms with Gasteiger partial charge in [0.2, 0.25) is 5.88 Å². The van der Waals surface area contributed by atoms with Crippen molar-refractivity contribution in [2.24, 2.45) is 0 Å². The molecule has 2 rings (SSSR count). The third kappa shape index (κ3) is 2.05. The molecule has 0 saturated carbocycles. The summed E-state index contributed by atoms with van der Waals surface area (Å²) in [6.45, 7) is -0.575. The van der Waals surface area contributed by atoms with Crippen LogP contribution in [0.15, 0.2) is 35.1 Å². The highest BCUT2D eigenvalue weighted by Crippen LogP contribution is 2.25. The van der Waals surface area contributed by atoms with E-state index < -0.39 is 18.2 Å². The number of imidazole rings is 1. The van der Waals surface area contributed by atoms with Gasteiger partial charge >= 0.3 is 11.7 Å². The van der Waals surface area contributed by atoms with Crippen LogP contribution < -0.4 is 5.69 Å². The molecule has 0 aliphatic heterocycles. The minimum absolute atomic E-state index is 0.219. The monoisotopic (exact) mass is 234 g/mol. The van der Waals surface area contributed by atoms with E-state index in [9.17, 15) is 14.7 Å². The molecular formula is C11H10N2O4. The van der Waals surface area contributed by atoms with Crippen molar-refractivity contribution >= 4 is 5.97 Å². The van der Waals surface area contributed by atoms with Crippen LogP contribution in [0.1, 0.15) is 0 Å². The number of nitrogens with one attached hydrogen (secondary N) is 1. The lowest BCUT2D eigenvalue weighted by Crippen LogP contribution is -2.21. The Morgan fingerprint density at radius 3 is 2.53 bits per heavy atom. The fourth-order valence-corrected chi connectivity index (χ4v) is 1.55. The van der Waals surface area contributed by atoms with Gasteiger partial charge in [-0.2, -0.15) is 0 Å². The lowest BCUT2D eigenvalue weighted by atomic mass is 10.2. The van der Waals surface area contributed by atoms with Gasteiger partial charge in [0.1, 0.15) is 12.2 Å². The van der Waals surface area contributed by atoms with E-state index in [1.54, 1.807) is 30.3 Å². The van der Waals surface area contributed by atoms with Crippen LogP contribution in [-0.4, -0.2) is 25.7 Å². The van der Waals surface area contributed by atoms with Crippen molar-refractivity contribution in [3.05, 3.63) is 40.8 Å². The average Bonchev–Trinajstić information content (AvgIpc) is 2.58. The first-order chi connectivity index (χ1) is 8.09. The summed E-state index contributed by atoms with van der Waals surface area (Å²) in [5, 5.41) is 18.4. The van der Waals surface area contributed by atoms with Crippen LogP contribution in [0.4, 0.5) is 0 Å². The molecule has 0 spiro atoms. The number of aliphatic carboxylic acids is 1. The number of carboxylic acid groups (broad SMARTS) is 1. The first-order valence-electron chi connectivity index (χ1n) is 4.88. The molecule has 3 N–H and O–H groups in total. The molecule has 0 radical (unpaired) electrons. The molecule has 6 nitrogen and oxygen atoms in total. The van der Waals surface area contributed by atoms with E-state index in [1.165, 1.54) is 0 Å². The molecule has 0 amide bonds. The van der Waals surface area contributed by atoms with Gasteiger partial charge < -0.3 is 15.2 Å². The molecule has 1 aromatic heterocycles. The van der Waals surface area contributed by atoms with Gasteiger partial charge in [-0.25, -0.2) is 4.79 Å². The quantitative estimate of drug-likeness (QED) is 0.726. The third-order valence-corrected chi connectivity index (χ3v) is 2.31. The van der Waals surface area contributed by atoms with E-state index in [4.69, 9.17) is 5.11 Å². The van der Waals surface area contributed by atoms with Gasteiger partial charge in [0, 0.05) is 5.56 Å². The van der Waals surface area contributed by atoms with E-state index >= 15 is 0 Å². The molecule has 1 heterocycles. The number of hydrogen-bond acceptors (Lipinski definition) is 3. The molecule has 0 bridgehead atoms. The van der Waals surface area contributed by atoms with Crippen molar-refractivity contribution in [3.8, 4) is 17.1 Å². The van der Waals surface area contributed by atoms with Crippen LogP contribution >= 0.6 is 0 Å². The molecule has 0 fully saturated rings. The molecule has 1 aromatic carbocycles. The third-order valence-electron chi connectivity index (χ3n) is 2.31. The summed E-state index contributed by atoms with van der Waals surface area (Å²) in [4.78, 5) is 24.4. The number of aromatic nitrogens is 2. The summed E-state index contributed by atoms with van der Waals surface area (Å²) in [6, 6.07) is 8.71. The van der Waals surface area contributed by atoms with E-state index in [0.717, 1.165) is 4.57 Å². The molecule has 0 aliphatic rings. The highest BCUT2D eigenvalue weighted by molar-refractivity contribution is 5.69. The maximum atomic E-state index is 11.5. The van der Waals surface area contributed by atoms with Gasteiger partial charge in [-0.1, -0.05) is 30.3 Å².